The molecular formula is C21H40N4. The molecule has 0 atom stereocenters. The number of rotatable bonds is 4. The van der Waals surface area contributed by atoms with Gasteiger partial charge in [0.1, 0.15) is 0 Å². The van der Waals surface area contributed by atoms with Crippen LogP contribution < -0.4 is 5.32 Å². The van der Waals surface area contributed by atoms with Crippen LogP contribution in [0, 0.1) is 0 Å². The fourth-order valence-electron chi connectivity index (χ4n) is 3.81. The van der Waals surface area contributed by atoms with Crippen molar-refractivity contribution >= 4 is 0 Å². The van der Waals surface area contributed by atoms with Crippen molar-refractivity contribution in [2.45, 2.75) is 96.7 Å². The Bertz CT molecular complexity index is 466. The highest BCUT2D eigenvalue weighted by Crippen LogP contribution is 2.29. The van der Waals surface area contributed by atoms with E-state index in [1.165, 1.54) is 63.6 Å². The van der Waals surface area contributed by atoms with E-state index in [9.17, 15) is 0 Å². The van der Waals surface area contributed by atoms with Gasteiger partial charge in [0.2, 0.25) is 0 Å². The number of hydrogen-bond acceptors (Lipinski definition) is 3. The molecular weight excluding hydrogens is 308 g/mol. The summed E-state index contributed by atoms with van der Waals surface area (Å²) in [7, 11) is 1.95. The van der Waals surface area contributed by atoms with Crippen molar-refractivity contribution in [1.82, 2.24) is 20.0 Å². The Morgan fingerprint density at radius 1 is 0.960 bits per heavy atom. The molecule has 2 heterocycles. The largest absolute Gasteiger partial charge is 0.318 e. The lowest BCUT2D eigenvalue weighted by molar-refractivity contribution is 0.106. The zero-order chi connectivity index (χ0) is 18.2. The van der Waals surface area contributed by atoms with Gasteiger partial charge in [-0.2, -0.15) is 5.10 Å². The number of nitrogens with one attached hydrogen (secondary N) is 1. The van der Waals surface area contributed by atoms with E-state index in [-0.39, 0.29) is 0 Å². The summed E-state index contributed by atoms with van der Waals surface area (Å²) in [5.74, 6) is 0.589. The van der Waals surface area contributed by atoms with E-state index in [2.05, 4.69) is 60.1 Å². The van der Waals surface area contributed by atoms with Gasteiger partial charge in [0.25, 0.3) is 0 Å². The standard InChI is InChI=1S/C17H29N3.C4H11N/c1-14(2)15-12-18-20(13-15)17-8-10-19(11-9-17)16-6-4-3-5-7-16;1-4(2)5-3/h12-14,16-17H,3-11H2,1-2H3;4-5H,1-3H3. The summed E-state index contributed by atoms with van der Waals surface area (Å²) in [5, 5.41) is 7.62. The third-order valence-corrected chi connectivity index (χ3v) is 5.83. The summed E-state index contributed by atoms with van der Waals surface area (Å²) in [6.07, 6.45) is 14.1. The minimum Gasteiger partial charge on any atom is -0.318 e. The molecule has 3 rings (SSSR count). The number of likely N-dealkylation sites (tertiary alicyclic amines) is 1. The second kappa shape index (κ2) is 10.3. The first-order valence-corrected chi connectivity index (χ1v) is 10.5. The van der Waals surface area contributed by atoms with E-state index < -0.39 is 0 Å². The minimum atomic E-state index is 0.589. The van der Waals surface area contributed by atoms with Crippen LogP contribution in [-0.4, -0.2) is 46.9 Å². The van der Waals surface area contributed by atoms with Crippen LogP contribution in [0.5, 0.6) is 0 Å². The monoisotopic (exact) mass is 348 g/mol. The smallest absolute Gasteiger partial charge is 0.0543 e. The van der Waals surface area contributed by atoms with Gasteiger partial charge >= 0.3 is 0 Å². The van der Waals surface area contributed by atoms with Gasteiger partial charge in [0.15, 0.2) is 0 Å². The highest BCUT2D eigenvalue weighted by atomic mass is 15.3. The van der Waals surface area contributed by atoms with Crippen LogP contribution in [0.25, 0.3) is 0 Å². The van der Waals surface area contributed by atoms with Gasteiger partial charge in [-0.3, -0.25) is 4.68 Å². The molecule has 1 aliphatic carbocycles. The first kappa shape index (κ1) is 20.4. The summed E-state index contributed by atoms with van der Waals surface area (Å²) < 4.78 is 2.23. The summed E-state index contributed by atoms with van der Waals surface area (Å²) in [6, 6.07) is 2.14. The van der Waals surface area contributed by atoms with Crippen LogP contribution in [0.1, 0.15) is 90.2 Å². The molecule has 1 aromatic rings. The molecule has 1 saturated heterocycles. The first-order valence-electron chi connectivity index (χ1n) is 10.5. The summed E-state index contributed by atoms with van der Waals surface area (Å²) in [5.41, 5.74) is 1.37. The van der Waals surface area contributed by atoms with E-state index in [0.717, 1.165) is 6.04 Å². The molecule has 0 unspecified atom stereocenters. The molecule has 1 aromatic heterocycles. The molecule has 2 fully saturated rings. The average Bonchev–Trinajstić information content (AvgIpc) is 3.13. The van der Waals surface area contributed by atoms with Crippen molar-refractivity contribution in [3.8, 4) is 0 Å². The summed E-state index contributed by atoms with van der Waals surface area (Å²) in [4.78, 5) is 2.75. The number of piperidine rings is 1. The Labute approximate surface area is 155 Å². The maximum Gasteiger partial charge on any atom is 0.0543 e. The fraction of sp³-hybridized carbons (Fsp3) is 0.857. The van der Waals surface area contributed by atoms with Crippen LogP contribution in [0.15, 0.2) is 12.4 Å². The van der Waals surface area contributed by atoms with Crippen molar-refractivity contribution in [3.63, 3.8) is 0 Å². The second-order valence-corrected chi connectivity index (χ2v) is 8.41. The molecule has 4 nitrogen and oxygen atoms in total. The van der Waals surface area contributed by atoms with E-state index in [1.54, 1.807) is 0 Å². The van der Waals surface area contributed by atoms with Gasteiger partial charge in [0, 0.05) is 31.4 Å². The van der Waals surface area contributed by atoms with E-state index in [4.69, 9.17) is 0 Å². The normalized spacial score (nSPS) is 20.8. The van der Waals surface area contributed by atoms with Crippen molar-refractivity contribution < 1.29 is 0 Å². The van der Waals surface area contributed by atoms with E-state index >= 15 is 0 Å². The topological polar surface area (TPSA) is 33.1 Å². The van der Waals surface area contributed by atoms with Gasteiger partial charge in [-0.15, -0.1) is 0 Å². The predicted octanol–water partition coefficient (Wildman–Crippen LogP) is 4.59. The van der Waals surface area contributed by atoms with Crippen LogP contribution in [-0.2, 0) is 0 Å². The fourth-order valence-corrected chi connectivity index (χ4v) is 3.81. The lowest BCUT2D eigenvalue weighted by atomic mass is 9.92. The molecule has 0 radical (unpaired) electrons. The Balaban J connectivity index is 0.000000399. The highest BCUT2D eigenvalue weighted by Gasteiger charge is 2.27. The van der Waals surface area contributed by atoms with E-state index in [0.29, 0.717) is 18.0 Å². The quantitative estimate of drug-likeness (QED) is 0.864. The van der Waals surface area contributed by atoms with Crippen molar-refractivity contribution in [1.29, 1.82) is 0 Å². The molecule has 25 heavy (non-hydrogen) atoms. The highest BCUT2D eigenvalue weighted by molar-refractivity contribution is 5.09. The summed E-state index contributed by atoms with van der Waals surface area (Å²) in [6.45, 7) is 11.2. The molecule has 1 saturated carbocycles. The lowest BCUT2D eigenvalue weighted by Gasteiger charge is -2.39. The minimum absolute atomic E-state index is 0.589. The molecule has 0 bridgehead atoms. The average molecular weight is 349 g/mol. The van der Waals surface area contributed by atoms with Gasteiger partial charge in [-0.1, -0.05) is 47.0 Å². The lowest BCUT2D eigenvalue weighted by Crippen LogP contribution is -2.42. The van der Waals surface area contributed by atoms with Crippen LogP contribution >= 0.6 is 0 Å². The first-order chi connectivity index (χ1) is 12.0. The summed E-state index contributed by atoms with van der Waals surface area (Å²) >= 11 is 0. The maximum absolute atomic E-state index is 4.60. The van der Waals surface area contributed by atoms with Crippen LogP contribution in [0.3, 0.4) is 0 Å². The SMILES string of the molecule is CC(C)c1cnn(C2CCN(C3CCCCC3)CC2)c1.CNC(C)C. The number of nitrogens with zero attached hydrogens (tertiary/aromatic N) is 3. The number of aromatic nitrogens is 2. The Morgan fingerprint density at radius 2 is 1.56 bits per heavy atom. The van der Waals surface area contributed by atoms with E-state index in [1.807, 2.05) is 7.05 Å². The zero-order valence-electron chi connectivity index (χ0n) is 17.2. The molecule has 1 N–H and O–H groups in total. The second-order valence-electron chi connectivity index (χ2n) is 8.41. The predicted molar refractivity (Wildman–Crippen MR) is 107 cm³/mol. The Hall–Kier alpha value is -0.870. The van der Waals surface area contributed by atoms with Gasteiger partial charge < -0.3 is 10.2 Å². The van der Waals surface area contributed by atoms with Gasteiger partial charge in [0.05, 0.1) is 12.2 Å². The molecule has 0 spiro atoms. The third kappa shape index (κ3) is 6.41. The van der Waals surface area contributed by atoms with Gasteiger partial charge in [-0.05, 0) is 44.2 Å². The van der Waals surface area contributed by atoms with Crippen molar-refractivity contribution in [3.05, 3.63) is 18.0 Å². The Morgan fingerprint density at radius 3 is 2.04 bits per heavy atom. The number of hydrogen-bond donors (Lipinski definition) is 1. The van der Waals surface area contributed by atoms with Crippen LogP contribution in [0.4, 0.5) is 0 Å². The zero-order valence-corrected chi connectivity index (χ0v) is 17.2. The third-order valence-electron chi connectivity index (χ3n) is 5.83. The van der Waals surface area contributed by atoms with Crippen LogP contribution in [0.2, 0.25) is 0 Å². The molecule has 2 aliphatic rings. The molecule has 0 amide bonds. The maximum atomic E-state index is 4.60. The van der Waals surface area contributed by atoms with Gasteiger partial charge in [-0.25, -0.2) is 0 Å². The molecule has 1 aliphatic heterocycles. The molecule has 0 aromatic carbocycles. The molecule has 4 heteroatoms. The molecule has 144 valence electrons. The van der Waals surface area contributed by atoms with Crippen molar-refractivity contribution in [2.24, 2.45) is 0 Å². The van der Waals surface area contributed by atoms with Crippen molar-refractivity contribution in [2.75, 3.05) is 20.1 Å². The Kier molecular flexibility index (Phi) is 8.44.